The number of carboxylic acid groups (broad SMARTS) is 1. The first-order valence-corrected chi connectivity index (χ1v) is 6.04. The van der Waals surface area contributed by atoms with E-state index in [1.807, 2.05) is 32.9 Å². The predicted octanol–water partition coefficient (Wildman–Crippen LogP) is 1.43. The maximum absolute atomic E-state index is 11.9. The number of rotatable bonds is 7. The Labute approximate surface area is 112 Å². The van der Waals surface area contributed by atoms with Crippen molar-refractivity contribution in [2.75, 3.05) is 13.2 Å². The first-order chi connectivity index (χ1) is 8.90. The number of hydrogen-bond acceptors (Lipinski definition) is 4. The van der Waals surface area contributed by atoms with Crippen molar-refractivity contribution >= 4 is 11.9 Å². The number of furan rings is 1. The van der Waals surface area contributed by atoms with Gasteiger partial charge in [-0.15, -0.1) is 0 Å². The normalized spacial score (nSPS) is 10.7. The lowest BCUT2D eigenvalue weighted by atomic mass is 10.3. The lowest BCUT2D eigenvalue weighted by Crippen LogP contribution is -2.39. The van der Waals surface area contributed by atoms with Crippen LogP contribution in [0.1, 0.15) is 25.4 Å². The van der Waals surface area contributed by atoms with Crippen LogP contribution < -0.4 is 0 Å². The van der Waals surface area contributed by atoms with E-state index in [0.29, 0.717) is 12.3 Å². The Morgan fingerprint density at radius 1 is 1.37 bits per heavy atom. The largest absolute Gasteiger partial charge is 0.480 e. The van der Waals surface area contributed by atoms with Crippen LogP contribution in [-0.4, -0.2) is 41.1 Å². The third-order valence-corrected chi connectivity index (χ3v) is 2.52. The van der Waals surface area contributed by atoms with Gasteiger partial charge in [-0.2, -0.15) is 0 Å². The van der Waals surface area contributed by atoms with Gasteiger partial charge in [-0.25, -0.2) is 4.79 Å². The third-order valence-electron chi connectivity index (χ3n) is 2.52. The molecule has 0 bridgehead atoms. The summed E-state index contributed by atoms with van der Waals surface area (Å²) in [6, 6.07) is 3.63. The molecule has 6 nitrogen and oxygen atoms in total. The highest BCUT2D eigenvalue weighted by Gasteiger charge is 2.19. The van der Waals surface area contributed by atoms with Gasteiger partial charge in [0.2, 0.25) is 5.91 Å². The van der Waals surface area contributed by atoms with E-state index >= 15 is 0 Å². The maximum atomic E-state index is 11.9. The SMILES string of the molecule is Cc1ccc(CN(C(=O)COCC(=O)O)C(C)C)o1. The van der Waals surface area contributed by atoms with Gasteiger partial charge in [-0.1, -0.05) is 0 Å². The average molecular weight is 269 g/mol. The Kier molecular flexibility index (Phi) is 5.57. The number of carboxylic acids is 1. The van der Waals surface area contributed by atoms with Gasteiger partial charge in [0.05, 0.1) is 6.54 Å². The second-order valence-electron chi connectivity index (χ2n) is 4.51. The highest BCUT2D eigenvalue weighted by atomic mass is 16.5. The molecule has 0 saturated carbocycles. The van der Waals surface area contributed by atoms with E-state index in [1.165, 1.54) is 0 Å². The predicted molar refractivity (Wildman–Crippen MR) is 67.6 cm³/mol. The molecule has 0 spiro atoms. The zero-order valence-electron chi connectivity index (χ0n) is 11.4. The van der Waals surface area contributed by atoms with E-state index in [2.05, 4.69) is 0 Å². The molecule has 1 aromatic heterocycles. The lowest BCUT2D eigenvalue weighted by Gasteiger charge is -2.25. The monoisotopic (exact) mass is 269 g/mol. The molecule has 0 aromatic carbocycles. The molecule has 0 aliphatic rings. The van der Waals surface area contributed by atoms with E-state index in [4.69, 9.17) is 14.3 Å². The molecule has 106 valence electrons. The van der Waals surface area contributed by atoms with Crippen LogP contribution in [0.5, 0.6) is 0 Å². The van der Waals surface area contributed by atoms with Gasteiger partial charge in [-0.3, -0.25) is 4.79 Å². The summed E-state index contributed by atoms with van der Waals surface area (Å²) in [5.41, 5.74) is 0. The molecule has 0 atom stereocenters. The Bertz CT molecular complexity index is 438. The molecule has 1 N–H and O–H groups in total. The number of aryl methyl sites for hydroxylation is 1. The van der Waals surface area contributed by atoms with E-state index in [-0.39, 0.29) is 18.6 Å². The molecule has 0 aliphatic carbocycles. The van der Waals surface area contributed by atoms with Gasteiger partial charge in [0.15, 0.2) is 0 Å². The molecule has 1 rings (SSSR count). The molecule has 1 heterocycles. The minimum atomic E-state index is -1.09. The number of hydrogen-bond donors (Lipinski definition) is 1. The number of carbonyl (C=O) groups excluding carboxylic acids is 1. The van der Waals surface area contributed by atoms with Gasteiger partial charge in [0.25, 0.3) is 0 Å². The van der Waals surface area contributed by atoms with Crippen molar-refractivity contribution in [1.29, 1.82) is 0 Å². The average Bonchev–Trinajstić information content (AvgIpc) is 2.70. The van der Waals surface area contributed by atoms with Crippen molar-refractivity contribution in [2.24, 2.45) is 0 Å². The van der Waals surface area contributed by atoms with Gasteiger partial charge in [-0.05, 0) is 32.9 Å². The summed E-state index contributed by atoms with van der Waals surface area (Å²) in [4.78, 5) is 23.8. The minimum Gasteiger partial charge on any atom is -0.480 e. The van der Waals surface area contributed by atoms with Crippen molar-refractivity contribution in [3.63, 3.8) is 0 Å². The molecular formula is C13H19NO5. The zero-order valence-corrected chi connectivity index (χ0v) is 11.4. The Balaban J connectivity index is 2.56. The first kappa shape index (κ1) is 15.2. The van der Waals surface area contributed by atoms with Crippen LogP contribution in [-0.2, 0) is 20.9 Å². The summed E-state index contributed by atoms with van der Waals surface area (Å²) in [5.74, 6) is 0.127. The fourth-order valence-corrected chi connectivity index (χ4v) is 1.61. The topological polar surface area (TPSA) is 80.0 Å². The van der Waals surface area contributed by atoms with Crippen molar-refractivity contribution in [3.05, 3.63) is 23.7 Å². The van der Waals surface area contributed by atoms with Crippen molar-refractivity contribution in [3.8, 4) is 0 Å². The highest BCUT2D eigenvalue weighted by molar-refractivity contribution is 5.78. The third kappa shape index (κ3) is 5.13. The van der Waals surface area contributed by atoms with Crippen LogP contribution in [0.3, 0.4) is 0 Å². The smallest absolute Gasteiger partial charge is 0.329 e. The van der Waals surface area contributed by atoms with Crippen LogP contribution in [0.2, 0.25) is 0 Å². The number of aliphatic carboxylic acids is 1. The van der Waals surface area contributed by atoms with Crippen LogP contribution in [0, 0.1) is 6.92 Å². The number of nitrogens with zero attached hydrogens (tertiary/aromatic N) is 1. The number of ether oxygens (including phenoxy) is 1. The van der Waals surface area contributed by atoms with E-state index < -0.39 is 12.6 Å². The molecule has 0 radical (unpaired) electrons. The Morgan fingerprint density at radius 3 is 2.53 bits per heavy atom. The quantitative estimate of drug-likeness (QED) is 0.809. The van der Waals surface area contributed by atoms with Gasteiger partial charge in [0, 0.05) is 6.04 Å². The van der Waals surface area contributed by atoms with Gasteiger partial charge >= 0.3 is 5.97 Å². The van der Waals surface area contributed by atoms with E-state index in [1.54, 1.807) is 4.90 Å². The summed E-state index contributed by atoms with van der Waals surface area (Å²) in [7, 11) is 0. The molecule has 6 heteroatoms. The van der Waals surface area contributed by atoms with Gasteiger partial charge < -0.3 is 19.2 Å². The van der Waals surface area contributed by atoms with Crippen molar-refractivity contribution < 1.29 is 23.8 Å². The summed E-state index contributed by atoms with van der Waals surface area (Å²) in [6.07, 6.45) is 0. The fourth-order valence-electron chi connectivity index (χ4n) is 1.61. The fraction of sp³-hybridized carbons (Fsp3) is 0.538. The van der Waals surface area contributed by atoms with Crippen molar-refractivity contribution in [1.82, 2.24) is 4.90 Å². The summed E-state index contributed by atoms with van der Waals surface area (Å²) in [6.45, 7) is 5.22. The molecule has 0 aliphatic heterocycles. The van der Waals surface area contributed by atoms with Crippen LogP contribution >= 0.6 is 0 Å². The molecule has 0 fully saturated rings. The summed E-state index contributed by atoms with van der Waals surface area (Å²) < 4.78 is 10.2. The second-order valence-corrected chi connectivity index (χ2v) is 4.51. The maximum Gasteiger partial charge on any atom is 0.329 e. The number of amides is 1. The summed E-state index contributed by atoms with van der Waals surface area (Å²) in [5, 5.41) is 8.45. The highest BCUT2D eigenvalue weighted by Crippen LogP contribution is 2.12. The molecular weight excluding hydrogens is 250 g/mol. The number of carbonyl (C=O) groups is 2. The lowest BCUT2D eigenvalue weighted by molar-refractivity contribution is -0.146. The molecule has 1 aromatic rings. The van der Waals surface area contributed by atoms with Gasteiger partial charge in [0.1, 0.15) is 24.7 Å². The molecule has 0 unspecified atom stereocenters. The molecule has 1 amide bonds. The van der Waals surface area contributed by atoms with Crippen LogP contribution in [0.4, 0.5) is 0 Å². The summed E-state index contributed by atoms with van der Waals surface area (Å²) >= 11 is 0. The Morgan fingerprint density at radius 2 is 2.05 bits per heavy atom. The zero-order chi connectivity index (χ0) is 14.4. The first-order valence-electron chi connectivity index (χ1n) is 6.04. The van der Waals surface area contributed by atoms with Crippen LogP contribution in [0.15, 0.2) is 16.5 Å². The second kappa shape index (κ2) is 6.94. The standard InChI is InChI=1S/C13H19NO5/c1-9(2)14(6-11-5-4-10(3)19-11)12(15)7-18-8-13(16)17/h4-5,9H,6-8H2,1-3H3,(H,16,17). The van der Waals surface area contributed by atoms with E-state index in [0.717, 1.165) is 5.76 Å². The minimum absolute atomic E-state index is 0.0219. The van der Waals surface area contributed by atoms with Crippen LogP contribution in [0.25, 0.3) is 0 Å². The Hall–Kier alpha value is -1.82. The molecule has 0 saturated heterocycles. The van der Waals surface area contributed by atoms with E-state index in [9.17, 15) is 9.59 Å². The molecule has 19 heavy (non-hydrogen) atoms. The van der Waals surface area contributed by atoms with Crippen molar-refractivity contribution in [2.45, 2.75) is 33.4 Å².